The first-order valence-corrected chi connectivity index (χ1v) is 7.54. The number of amides is 1. The van der Waals surface area contributed by atoms with E-state index in [-0.39, 0.29) is 18.1 Å². The maximum Gasteiger partial charge on any atom is 0.271 e. The number of hydrogen-bond acceptors (Lipinski definition) is 5. The number of nitrogens with one attached hydrogen (secondary N) is 1. The number of aromatic nitrogens is 1. The Morgan fingerprint density at radius 3 is 3.20 bits per heavy atom. The quantitative estimate of drug-likeness (QED) is 0.941. The highest BCUT2D eigenvalue weighted by Crippen LogP contribution is 2.24. The number of furan rings is 1. The Kier molecular flexibility index (Phi) is 3.84. The molecule has 1 aliphatic heterocycles. The van der Waals surface area contributed by atoms with Crippen molar-refractivity contribution in [3.05, 3.63) is 29.5 Å². The first-order valence-electron chi connectivity index (χ1n) is 6.66. The summed E-state index contributed by atoms with van der Waals surface area (Å²) in [5.41, 5.74) is 0.422. The van der Waals surface area contributed by atoms with Gasteiger partial charge in [0, 0.05) is 12.0 Å². The van der Waals surface area contributed by atoms with Gasteiger partial charge in [0.15, 0.2) is 10.8 Å². The van der Waals surface area contributed by atoms with Crippen LogP contribution in [0.15, 0.2) is 28.2 Å². The number of carbonyl (C=O) groups excluding carboxylic acids is 1. The van der Waals surface area contributed by atoms with Gasteiger partial charge in [-0.05, 0) is 31.9 Å². The van der Waals surface area contributed by atoms with Crippen molar-refractivity contribution in [2.45, 2.75) is 31.9 Å². The zero-order valence-corrected chi connectivity index (χ0v) is 12.0. The van der Waals surface area contributed by atoms with Gasteiger partial charge in [-0.15, -0.1) is 11.3 Å². The van der Waals surface area contributed by atoms with Crippen LogP contribution in [0, 0.1) is 0 Å². The fourth-order valence-electron chi connectivity index (χ4n) is 2.26. The van der Waals surface area contributed by atoms with Crippen LogP contribution in [0.4, 0.5) is 0 Å². The molecular formula is C14H16N2O3S. The van der Waals surface area contributed by atoms with Crippen molar-refractivity contribution >= 4 is 17.2 Å². The van der Waals surface area contributed by atoms with Gasteiger partial charge in [0.2, 0.25) is 0 Å². The molecule has 1 amide bonds. The minimum absolute atomic E-state index is 0.00115. The molecule has 106 valence electrons. The lowest BCUT2D eigenvalue weighted by atomic mass is 10.1. The number of ether oxygens (including phenoxy) is 1. The van der Waals surface area contributed by atoms with E-state index in [4.69, 9.17) is 9.15 Å². The fraction of sp³-hybridized carbons (Fsp3) is 0.429. The second-order valence-corrected chi connectivity index (χ2v) is 5.69. The van der Waals surface area contributed by atoms with Crippen LogP contribution in [0.1, 0.15) is 30.3 Å². The molecule has 6 heteroatoms. The van der Waals surface area contributed by atoms with E-state index in [0.29, 0.717) is 16.5 Å². The molecule has 0 bridgehead atoms. The van der Waals surface area contributed by atoms with Crippen molar-refractivity contribution in [2.75, 3.05) is 6.61 Å². The van der Waals surface area contributed by atoms with E-state index >= 15 is 0 Å². The monoisotopic (exact) mass is 292 g/mol. The van der Waals surface area contributed by atoms with Crippen molar-refractivity contribution in [3.8, 4) is 10.8 Å². The number of hydrogen-bond donors (Lipinski definition) is 1. The van der Waals surface area contributed by atoms with Gasteiger partial charge >= 0.3 is 0 Å². The van der Waals surface area contributed by atoms with Crippen LogP contribution in [0.2, 0.25) is 0 Å². The smallest absolute Gasteiger partial charge is 0.271 e. The van der Waals surface area contributed by atoms with Crippen LogP contribution in [-0.2, 0) is 4.74 Å². The summed E-state index contributed by atoms with van der Waals surface area (Å²) in [5.74, 6) is 0.517. The Morgan fingerprint density at radius 1 is 1.60 bits per heavy atom. The molecule has 5 nitrogen and oxygen atoms in total. The number of rotatable bonds is 4. The zero-order valence-electron chi connectivity index (χ0n) is 11.2. The summed E-state index contributed by atoms with van der Waals surface area (Å²) in [6.45, 7) is 2.75. The Bertz CT molecular complexity index is 573. The van der Waals surface area contributed by atoms with Gasteiger partial charge in [0.1, 0.15) is 5.69 Å². The van der Waals surface area contributed by atoms with E-state index in [1.807, 2.05) is 13.0 Å². The van der Waals surface area contributed by atoms with Crippen LogP contribution < -0.4 is 5.32 Å². The standard InChI is InChI=1S/C14H16N2O3S/c1-9(11-4-2-6-18-11)15-13(17)10-8-20-14(16-10)12-5-3-7-19-12/h3,5,7-9,11H,2,4,6H2,1H3,(H,15,17)/t9-,11+/m0/s1. The molecule has 1 fully saturated rings. The zero-order chi connectivity index (χ0) is 13.9. The molecule has 2 aromatic heterocycles. The van der Waals surface area contributed by atoms with Crippen LogP contribution >= 0.6 is 11.3 Å². The lowest BCUT2D eigenvalue weighted by Gasteiger charge is -2.19. The Balaban J connectivity index is 1.65. The molecule has 1 aliphatic rings. The van der Waals surface area contributed by atoms with Crippen molar-refractivity contribution < 1.29 is 13.9 Å². The number of thiazole rings is 1. The second kappa shape index (κ2) is 5.76. The predicted octanol–water partition coefficient (Wildman–Crippen LogP) is 2.70. The molecule has 0 unspecified atom stereocenters. The van der Waals surface area contributed by atoms with E-state index in [9.17, 15) is 4.79 Å². The minimum Gasteiger partial charge on any atom is -0.462 e. The lowest BCUT2D eigenvalue weighted by Crippen LogP contribution is -2.40. The summed E-state index contributed by atoms with van der Waals surface area (Å²) in [6, 6.07) is 3.63. The molecule has 3 heterocycles. The molecule has 0 aliphatic carbocycles. The van der Waals surface area contributed by atoms with E-state index in [1.54, 1.807) is 17.7 Å². The summed E-state index contributed by atoms with van der Waals surface area (Å²) < 4.78 is 10.8. The summed E-state index contributed by atoms with van der Waals surface area (Å²) >= 11 is 1.40. The van der Waals surface area contributed by atoms with Gasteiger partial charge in [-0.1, -0.05) is 0 Å². The van der Waals surface area contributed by atoms with Crippen LogP contribution in [0.5, 0.6) is 0 Å². The van der Waals surface area contributed by atoms with E-state index in [0.717, 1.165) is 19.4 Å². The third-order valence-corrected chi connectivity index (χ3v) is 4.21. The fourth-order valence-corrected chi connectivity index (χ4v) is 3.03. The summed E-state index contributed by atoms with van der Waals surface area (Å²) in [5, 5.41) is 5.40. The third kappa shape index (κ3) is 2.76. The molecule has 3 rings (SSSR count). The third-order valence-electron chi connectivity index (χ3n) is 3.35. The van der Waals surface area contributed by atoms with Crippen LogP contribution in [0.3, 0.4) is 0 Å². The molecule has 0 saturated carbocycles. The number of nitrogens with zero attached hydrogens (tertiary/aromatic N) is 1. The highest BCUT2D eigenvalue weighted by Gasteiger charge is 2.24. The first kappa shape index (κ1) is 13.3. The van der Waals surface area contributed by atoms with Gasteiger partial charge in [-0.2, -0.15) is 0 Å². The topological polar surface area (TPSA) is 64.4 Å². The lowest BCUT2D eigenvalue weighted by molar-refractivity contribution is 0.0710. The molecule has 20 heavy (non-hydrogen) atoms. The van der Waals surface area contributed by atoms with E-state index in [1.165, 1.54) is 11.3 Å². The molecular weight excluding hydrogens is 276 g/mol. The van der Waals surface area contributed by atoms with Crippen LogP contribution in [0.25, 0.3) is 10.8 Å². The number of carbonyl (C=O) groups is 1. The van der Waals surface area contributed by atoms with Gasteiger partial charge in [0.05, 0.1) is 18.4 Å². The Hall–Kier alpha value is -1.66. The SMILES string of the molecule is C[C@H](NC(=O)c1csc(-c2ccco2)n1)[C@H]1CCCO1. The van der Waals surface area contributed by atoms with Gasteiger partial charge in [-0.3, -0.25) is 4.79 Å². The van der Waals surface area contributed by atoms with Crippen molar-refractivity contribution in [1.82, 2.24) is 10.3 Å². The average Bonchev–Trinajstić information content (AvgIpc) is 3.19. The maximum atomic E-state index is 12.1. The summed E-state index contributed by atoms with van der Waals surface area (Å²) in [7, 11) is 0. The maximum absolute atomic E-state index is 12.1. The van der Waals surface area contributed by atoms with E-state index < -0.39 is 0 Å². The Labute approximate surface area is 121 Å². The average molecular weight is 292 g/mol. The molecule has 1 saturated heterocycles. The largest absolute Gasteiger partial charge is 0.462 e. The first-order chi connectivity index (χ1) is 9.74. The van der Waals surface area contributed by atoms with Crippen molar-refractivity contribution in [1.29, 1.82) is 0 Å². The molecule has 0 radical (unpaired) electrons. The van der Waals surface area contributed by atoms with E-state index in [2.05, 4.69) is 10.3 Å². The second-order valence-electron chi connectivity index (χ2n) is 4.83. The molecule has 1 N–H and O–H groups in total. The summed E-state index contributed by atoms with van der Waals surface area (Å²) in [6.07, 6.45) is 3.76. The Morgan fingerprint density at radius 2 is 2.50 bits per heavy atom. The van der Waals surface area contributed by atoms with Gasteiger partial charge < -0.3 is 14.5 Å². The predicted molar refractivity (Wildman–Crippen MR) is 75.7 cm³/mol. The highest BCUT2D eigenvalue weighted by atomic mass is 32.1. The molecule has 2 atom stereocenters. The minimum atomic E-state index is -0.165. The summed E-state index contributed by atoms with van der Waals surface area (Å²) in [4.78, 5) is 16.4. The molecule has 0 spiro atoms. The normalized spacial score (nSPS) is 19.9. The van der Waals surface area contributed by atoms with Crippen molar-refractivity contribution in [2.24, 2.45) is 0 Å². The molecule has 0 aromatic carbocycles. The highest BCUT2D eigenvalue weighted by molar-refractivity contribution is 7.13. The van der Waals surface area contributed by atoms with Gasteiger partial charge in [0.25, 0.3) is 5.91 Å². The molecule has 2 aromatic rings. The van der Waals surface area contributed by atoms with Crippen molar-refractivity contribution in [3.63, 3.8) is 0 Å². The van der Waals surface area contributed by atoms with Crippen LogP contribution in [-0.4, -0.2) is 29.6 Å². The van der Waals surface area contributed by atoms with Gasteiger partial charge in [-0.25, -0.2) is 4.98 Å².